The number of rotatable bonds is 5. The zero-order valence-corrected chi connectivity index (χ0v) is 16.3. The predicted molar refractivity (Wildman–Crippen MR) is 108 cm³/mol. The van der Waals surface area contributed by atoms with Crippen LogP contribution < -0.4 is 9.64 Å². The number of benzene rings is 2. The van der Waals surface area contributed by atoms with Gasteiger partial charge in [-0.25, -0.2) is 4.90 Å². The third-order valence-corrected chi connectivity index (χ3v) is 6.75. The van der Waals surface area contributed by atoms with Crippen LogP contribution >= 0.6 is 0 Å². The summed E-state index contributed by atoms with van der Waals surface area (Å²) < 4.78 is 5.67. The van der Waals surface area contributed by atoms with Crippen LogP contribution in [0, 0.1) is 30.6 Å². The number of Topliss-reactive ketones (excluding diaryl/α,β-unsaturated/α-hetero) is 1. The summed E-state index contributed by atoms with van der Waals surface area (Å²) in [6.07, 6.45) is 3.14. The van der Waals surface area contributed by atoms with Gasteiger partial charge in [0.1, 0.15) is 5.75 Å². The maximum absolute atomic E-state index is 13.0. The molecule has 0 N–H and O–H groups in total. The fourth-order valence-electron chi connectivity index (χ4n) is 5.35. The van der Waals surface area contributed by atoms with Gasteiger partial charge in [0.25, 0.3) is 0 Å². The number of aryl methyl sites for hydroxylation is 1. The molecule has 0 aromatic heterocycles. The van der Waals surface area contributed by atoms with E-state index in [9.17, 15) is 14.4 Å². The first-order valence-electron chi connectivity index (χ1n) is 10.2. The van der Waals surface area contributed by atoms with Gasteiger partial charge in [-0.05, 0) is 50.2 Å². The molecule has 1 heterocycles. The molecule has 2 aromatic rings. The normalized spacial score (nSPS) is 27.4. The average Bonchev–Trinajstić information content (AvgIpc) is 3.41. The highest BCUT2D eigenvalue weighted by atomic mass is 16.5. The first-order valence-corrected chi connectivity index (χ1v) is 10.2. The Morgan fingerprint density at radius 2 is 1.66 bits per heavy atom. The fraction of sp³-hybridized carbons (Fsp3) is 0.375. The summed E-state index contributed by atoms with van der Waals surface area (Å²) in [7, 11) is 0. The first-order chi connectivity index (χ1) is 14.0. The summed E-state index contributed by atoms with van der Waals surface area (Å²) >= 11 is 0. The topological polar surface area (TPSA) is 63.7 Å². The van der Waals surface area contributed by atoms with E-state index in [4.69, 9.17) is 4.74 Å². The molecular formula is C24H23NO4. The Hall–Kier alpha value is -2.95. The van der Waals surface area contributed by atoms with Gasteiger partial charge in [-0.1, -0.05) is 35.9 Å². The molecule has 2 bridgehead atoms. The molecule has 29 heavy (non-hydrogen) atoms. The molecular weight excluding hydrogens is 366 g/mol. The van der Waals surface area contributed by atoms with Crippen molar-refractivity contribution in [3.05, 3.63) is 59.7 Å². The number of carbonyl (C=O) groups is 3. The van der Waals surface area contributed by atoms with Gasteiger partial charge in [0, 0.05) is 11.6 Å². The number of hydrogen-bond acceptors (Lipinski definition) is 4. The Morgan fingerprint density at radius 3 is 2.31 bits per heavy atom. The van der Waals surface area contributed by atoms with Gasteiger partial charge < -0.3 is 4.74 Å². The number of amides is 2. The van der Waals surface area contributed by atoms with Gasteiger partial charge in [0.15, 0.2) is 12.4 Å². The van der Waals surface area contributed by atoms with Crippen molar-refractivity contribution in [3.8, 4) is 5.75 Å². The Kier molecular flexibility index (Phi) is 4.26. The van der Waals surface area contributed by atoms with Crippen LogP contribution in [0.25, 0.3) is 0 Å². The van der Waals surface area contributed by atoms with Crippen LogP contribution in [-0.2, 0) is 9.59 Å². The molecule has 2 saturated carbocycles. The molecule has 5 rings (SSSR count). The summed E-state index contributed by atoms with van der Waals surface area (Å²) in [6, 6.07) is 14.3. The largest absolute Gasteiger partial charge is 0.485 e. The number of imide groups is 1. The number of ketones is 1. The van der Waals surface area contributed by atoms with Gasteiger partial charge in [-0.3, -0.25) is 14.4 Å². The Bertz CT molecular complexity index is 968. The number of fused-ring (bicyclic) bond motifs is 5. The minimum Gasteiger partial charge on any atom is -0.485 e. The van der Waals surface area contributed by atoms with Crippen molar-refractivity contribution in [1.82, 2.24) is 0 Å². The van der Waals surface area contributed by atoms with Crippen LogP contribution in [0.15, 0.2) is 48.5 Å². The third-order valence-electron chi connectivity index (χ3n) is 6.75. The molecule has 148 valence electrons. The molecule has 0 spiro atoms. The molecule has 3 fully saturated rings. The van der Waals surface area contributed by atoms with Crippen molar-refractivity contribution in [3.63, 3.8) is 0 Å². The van der Waals surface area contributed by atoms with E-state index in [1.165, 1.54) is 4.90 Å². The van der Waals surface area contributed by atoms with Gasteiger partial charge in [-0.2, -0.15) is 0 Å². The second-order valence-corrected chi connectivity index (χ2v) is 8.47. The van der Waals surface area contributed by atoms with Crippen molar-refractivity contribution in [2.24, 2.45) is 23.7 Å². The molecule has 5 heteroatoms. The van der Waals surface area contributed by atoms with E-state index in [0.29, 0.717) is 28.8 Å². The zero-order chi connectivity index (χ0) is 20.1. The number of ether oxygens (including phenoxy) is 1. The summed E-state index contributed by atoms with van der Waals surface area (Å²) in [5.41, 5.74) is 2.22. The maximum Gasteiger partial charge on any atom is 0.237 e. The van der Waals surface area contributed by atoms with Crippen LogP contribution in [0.5, 0.6) is 5.75 Å². The van der Waals surface area contributed by atoms with E-state index in [1.807, 2.05) is 19.1 Å². The number of hydrogen-bond donors (Lipinski definition) is 0. The van der Waals surface area contributed by atoms with Crippen LogP contribution in [0.3, 0.4) is 0 Å². The van der Waals surface area contributed by atoms with Gasteiger partial charge in [0.05, 0.1) is 17.5 Å². The summed E-state index contributed by atoms with van der Waals surface area (Å²) in [4.78, 5) is 39.7. The highest BCUT2D eigenvalue weighted by molar-refractivity contribution is 6.22. The van der Waals surface area contributed by atoms with Crippen molar-refractivity contribution < 1.29 is 19.1 Å². The second-order valence-electron chi connectivity index (χ2n) is 8.47. The lowest BCUT2D eigenvalue weighted by Crippen LogP contribution is -2.32. The SMILES string of the molecule is Cc1ccc(C(=O)COc2cccc(N3C(=O)[C@H]4[C@H]5CC[C@@H](C5)[C@@H]4C3=O)c2)cc1. The highest BCUT2D eigenvalue weighted by Gasteiger charge is 2.61. The minimum atomic E-state index is -0.145. The van der Waals surface area contributed by atoms with E-state index in [1.54, 1.807) is 36.4 Å². The minimum absolute atomic E-state index is 0.0694. The predicted octanol–water partition coefficient (Wildman–Crippen LogP) is 3.79. The van der Waals surface area contributed by atoms with E-state index >= 15 is 0 Å². The summed E-state index contributed by atoms with van der Waals surface area (Å²) in [5, 5.41) is 0. The Labute approximate surface area is 169 Å². The molecule has 2 aliphatic carbocycles. The first kappa shape index (κ1) is 18.1. The van der Waals surface area contributed by atoms with Gasteiger partial charge >= 0.3 is 0 Å². The molecule has 1 saturated heterocycles. The standard InChI is InChI=1S/C24H23NO4/c1-14-5-7-15(8-6-14)20(26)13-29-19-4-2-3-18(12-19)25-23(27)21-16-9-10-17(11-16)22(21)24(25)28/h2-8,12,16-17,21-22H,9-11,13H2,1H3/t16-,17-,21-,22-/m0/s1. The van der Waals surface area contributed by atoms with Crippen molar-refractivity contribution in [1.29, 1.82) is 0 Å². The molecule has 0 radical (unpaired) electrons. The zero-order valence-electron chi connectivity index (χ0n) is 16.3. The van der Waals surface area contributed by atoms with Crippen molar-refractivity contribution >= 4 is 23.3 Å². The molecule has 0 unspecified atom stereocenters. The van der Waals surface area contributed by atoms with Crippen LogP contribution in [0.1, 0.15) is 35.2 Å². The summed E-state index contributed by atoms with van der Waals surface area (Å²) in [6.45, 7) is 1.88. The number of anilines is 1. The van der Waals surface area contributed by atoms with Crippen molar-refractivity contribution in [2.45, 2.75) is 26.2 Å². The molecule has 1 aliphatic heterocycles. The average molecular weight is 389 g/mol. The Balaban J connectivity index is 1.31. The molecule has 2 aromatic carbocycles. The maximum atomic E-state index is 13.0. The third kappa shape index (κ3) is 2.96. The lowest BCUT2D eigenvalue weighted by atomic mass is 9.81. The molecule has 5 nitrogen and oxygen atoms in total. The van der Waals surface area contributed by atoms with Crippen LogP contribution in [0.2, 0.25) is 0 Å². The van der Waals surface area contributed by atoms with E-state index in [-0.39, 0.29) is 36.0 Å². The lowest BCUT2D eigenvalue weighted by Gasteiger charge is -2.19. The number of nitrogens with zero attached hydrogens (tertiary/aromatic N) is 1. The fourth-order valence-corrected chi connectivity index (χ4v) is 5.35. The number of carbonyl (C=O) groups excluding carboxylic acids is 3. The highest BCUT2D eigenvalue weighted by Crippen LogP contribution is 2.56. The van der Waals surface area contributed by atoms with Gasteiger partial charge in [0.2, 0.25) is 11.8 Å². The van der Waals surface area contributed by atoms with Crippen LogP contribution in [-0.4, -0.2) is 24.2 Å². The molecule has 2 amide bonds. The summed E-state index contributed by atoms with van der Waals surface area (Å²) in [5.74, 6) is 0.650. The van der Waals surface area contributed by atoms with E-state index < -0.39 is 0 Å². The lowest BCUT2D eigenvalue weighted by molar-refractivity contribution is -0.123. The second kappa shape index (κ2) is 6.83. The van der Waals surface area contributed by atoms with Gasteiger partial charge in [-0.15, -0.1) is 0 Å². The monoisotopic (exact) mass is 389 g/mol. The Morgan fingerprint density at radius 1 is 1.00 bits per heavy atom. The quantitative estimate of drug-likeness (QED) is 0.577. The molecule has 3 aliphatic rings. The van der Waals surface area contributed by atoms with E-state index in [0.717, 1.165) is 24.8 Å². The van der Waals surface area contributed by atoms with Crippen molar-refractivity contribution in [2.75, 3.05) is 11.5 Å². The van der Waals surface area contributed by atoms with Crippen LogP contribution in [0.4, 0.5) is 5.69 Å². The smallest absolute Gasteiger partial charge is 0.237 e. The van der Waals surface area contributed by atoms with E-state index in [2.05, 4.69) is 0 Å². The molecule has 4 atom stereocenters.